The molecule has 0 saturated heterocycles. The molecule has 0 aliphatic carbocycles. The Morgan fingerprint density at radius 3 is 2.67 bits per heavy atom. The van der Waals surface area contributed by atoms with Crippen LogP contribution in [0.4, 0.5) is 21.5 Å². The zero-order chi connectivity index (χ0) is 14.8. The lowest BCUT2D eigenvalue weighted by molar-refractivity contribution is 0.631. The highest BCUT2D eigenvalue weighted by molar-refractivity contribution is 6.01. The van der Waals surface area contributed by atoms with Gasteiger partial charge in [0.2, 0.25) is 0 Å². The highest BCUT2D eigenvalue weighted by Crippen LogP contribution is 2.30. The van der Waals surface area contributed by atoms with Gasteiger partial charge in [0.25, 0.3) is 0 Å². The summed E-state index contributed by atoms with van der Waals surface area (Å²) in [7, 11) is 0. The summed E-state index contributed by atoms with van der Waals surface area (Å²) in [5, 5.41) is 13.4. The number of pyridine rings is 1. The van der Waals surface area contributed by atoms with Crippen molar-refractivity contribution in [3.8, 4) is 6.07 Å². The van der Waals surface area contributed by atoms with E-state index in [9.17, 15) is 4.39 Å². The van der Waals surface area contributed by atoms with E-state index < -0.39 is 5.82 Å². The summed E-state index contributed by atoms with van der Waals surface area (Å²) in [6, 6.07) is 11.5. The summed E-state index contributed by atoms with van der Waals surface area (Å²) in [5.41, 5.74) is 7.84. The first-order valence-corrected chi connectivity index (χ1v) is 6.28. The van der Waals surface area contributed by atoms with E-state index in [1.165, 1.54) is 12.1 Å². The van der Waals surface area contributed by atoms with E-state index in [0.29, 0.717) is 17.1 Å². The number of nitrogen functional groups attached to an aromatic ring is 1. The first-order chi connectivity index (χ1) is 10.2. The quantitative estimate of drug-likeness (QED) is 0.703. The molecule has 5 heteroatoms. The Hall–Kier alpha value is -3.13. The second-order valence-corrected chi connectivity index (χ2v) is 4.56. The molecule has 0 aliphatic heterocycles. The molecule has 0 spiro atoms. The second kappa shape index (κ2) is 5.10. The van der Waals surface area contributed by atoms with Crippen molar-refractivity contribution in [2.24, 2.45) is 0 Å². The number of benzene rings is 2. The monoisotopic (exact) mass is 278 g/mol. The third-order valence-electron chi connectivity index (χ3n) is 3.22. The van der Waals surface area contributed by atoms with Gasteiger partial charge in [-0.15, -0.1) is 0 Å². The number of hydrogen-bond acceptors (Lipinski definition) is 4. The number of halogens is 1. The molecule has 0 amide bonds. The van der Waals surface area contributed by atoms with E-state index in [1.807, 2.05) is 12.1 Å². The van der Waals surface area contributed by atoms with Gasteiger partial charge in [-0.25, -0.2) is 4.39 Å². The third-order valence-corrected chi connectivity index (χ3v) is 3.22. The molecule has 3 aromatic rings. The number of nitrogens with two attached hydrogens (primary N) is 1. The Kier molecular flexibility index (Phi) is 3.13. The standard InChI is InChI=1S/C16H11FN4/c17-13-7-10(8-18)1-3-16(13)21-15-4-2-14(19)11-5-6-20-9-12(11)15/h1-7,9,21H,19H2. The third kappa shape index (κ3) is 2.35. The SMILES string of the molecule is N#Cc1ccc(Nc2ccc(N)c3ccncc23)c(F)c1. The van der Waals surface area contributed by atoms with Crippen molar-refractivity contribution in [3.05, 3.63) is 60.2 Å². The van der Waals surface area contributed by atoms with Crippen LogP contribution >= 0.6 is 0 Å². The van der Waals surface area contributed by atoms with Crippen LogP contribution in [0.3, 0.4) is 0 Å². The summed E-state index contributed by atoms with van der Waals surface area (Å²) in [6.07, 6.45) is 3.33. The van der Waals surface area contributed by atoms with Crippen LogP contribution in [0, 0.1) is 17.1 Å². The van der Waals surface area contributed by atoms with Crippen molar-refractivity contribution in [2.45, 2.75) is 0 Å². The Morgan fingerprint density at radius 2 is 1.90 bits per heavy atom. The van der Waals surface area contributed by atoms with E-state index >= 15 is 0 Å². The lowest BCUT2D eigenvalue weighted by Crippen LogP contribution is -1.97. The number of nitrogens with zero attached hydrogens (tertiary/aromatic N) is 2. The van der Waals surface area contributed by atoms with E-state index in [2.05, 4.69) is 10.3 Å². The average molecular weight is 278 g/mol. The highest BCUT2D eigenvalue weighted by Gasteiger charge is 2.08. The van der Waals surface area contributed by atoms with Crippen LogP contribution in [0.1, 0.15) is 5.56 Å². The predicted octanol–water partition coefficient (Wildman–Crippen LogP) is 3.57. The van der Waals surface area contributed by atoms with Crippen LogP contribution in [0.25, 0.3) is 10.8 Å². The van der Waals surface area contributed by atoms with Crippen molar-refractivity contribution in [1.82, 2.24) is 4.98 Å². The molecule has 21 heavy (non-hydrogen) atoms. The molecule has 0 unspecified atom stereocenters. The minimum Gasteiger partial charge on any atom is -0.398 e. The topological polar surface area (TPSA) is 74.7 Å². The maximum Gasteiger partial charge on any atom is 0.147 e. The molecule has 102 valence electrons. The smallest absolute Gasteiger partial charge is 0.147 e. The van der Waals surface area contributed by atoms with Gasteiger partial charge in [0, 0.05) is 34.5 Å². The van der Waals surface area contributed by atoms with E-state index in [1.54, 1.807) is 30.6 Å². The van der Waals surface area contributed by atoms with Crippen LogP contribution in [0.5, 0.6) is 0 Å². The number of aromatic nitrogens is 1. The van der Waals surface area contributed by atoms with Gasteiger partial charge in [0.1, 0.15) is 5.82 Å². The molecule has 0 bridgehead atoms. The fourth-order valence-corrected chi connectivity index (χ4v) is 2.15. The lowest BCUT2D eigenvalue weighted by atomic mass is 10.1. The van der Waals surface area contributed by atoms with E-state index in [0.717, 1.165) is 10.8 Å². The molecule has 4 nitrogen and oxygen atoms in total. The Balaban J connectivity index is 2.07. The van der Waals surface area contributed by atoms with Gasteiger partial charge in [0.15, 0.2) is 0 Å². The molecule has 0 fully saturated rings. The van der Waals surface area contributed by atoms with Crippen LogP contribution in [0.15, 0.2) is 48.8 Å². The second-order valence-electron chi connectivity index (χ2n) is 4.56. The zero-order valence-electron chi connectivity index (χ0n) is 11.0. The molecule has 0 atom stereocenters. The van der Waals surface area contributed by atoms with E-state index in [-0.39, 0.29) is 5.56 Å². The number of nitrogens with one attached hydrogen (secondary N) is 1. The largest absolute Gasteiger partial charge is 0.398 e. The first-order valence-electron chi connectivity index (χ1n) is 6.28. The number of hydrogen-bond donors (Lipinski definition) is 2. The molecule has 0 radical (unpaired) electrons. The van der Waals surface area contributed by atoms with Crippen molar-refractivity contribution >= 4 is 27.8 Å². The van der Waals surface area contributed by atoms with Crippen molar-refractivity contribution in [1.29, 1.82) is 5.26 Å². The molecule has 3 rings (SSSR count). The van der Waals surface area contributed by atoms with Gasteiger partial charge in [-0.2, -0.15) is 5.26 Å². The highest BCUT2D eigenvalue weighted by atomic mass is 19.1. The van der Waals surface area contributed by atoms with Crippen LogP contribution < -0.4 is 11.1 Å². The molecule has 1 aromatic heterocycles. The fraction of sp³-hybridized carbons (Fsp3) is 0. The maximum absolute atomic E-state index is 13.9. The normalized spacial score (nSPS) is 10.3. The van der Waals surface area contributed by atoms with E-state index in [4.69, 9.17) is 11.0 Å². The summed E-state index contributed by atoms with van der Waals surface area (Å²) < 4.78 is 13.9. The van der Waals surface area contributed by atoms with Gasteiger partial charge >= 0.3 is 0 Å². The predicted molar refractivity (Wildman–Crippen MR) is 80.6 cm³/mol. The van der Waals surface area contributed by atoms with Gasteiger partial charge in [0.05, 0.1) is 17.3 Å². The minimum absolute atomic E-state index is 0.280. The van der Waals surface area contributed by atoms with Crippen molar-refractivity contribution in [2.75, 3.05) is 11.1 Å². The summed E-state index contributed by atoms with van der Waals surface area (Å²) in [4.78, 5) is 4.07. The number of nitriles is 1. The minimum atomic E-state index is -0.483. The number of rotatable bonds is 2. The number of anilines is 3. The summed E-state index contributed by atoms with van der Waals surface area (Å²) >= 11 is 0. The molecular formula is C16H11FN4. The van der Waals surface area contributed by atoms with Crippen LogP contribution in [-0.4, -0.2) is 4.98 Å². The van der Waals surface area contributed by atoms with Gasteiger partial charge in [-0.05, 0) is 36.4 Å². The zero-order valence-corrected chi connectivity index (χ0v) is 11.0. The molecule has 2 aromatic carbocycles. The Bertz CT molecular complexity index is 868. The van der Waals surface area contributed by atoms with Crippen molar-refractivity contribution < 1.29 is 4.39 Å². The van der Waals surface area contributed by atoms with Gasteiger partial charge in [-0.3, -0.25) is 4.98 Å². The number of fused-ring (bicyclic) bond motifs is 1. The molecule has 3 N–H and O–H groups in total. The maximum atomic E-state index is 13.9. The molecule has 0 aliphatic rings. The van der Waals surface area contributed by atoms with Crippen LogP contribution in [0.2, 0.25) is 0 Å². The molecule has 1 heterocycles. The average Bonchev–Trinajstić information content (AvgIpc) is 2.52. The van der Waals surface area contributed by atoms with Crippen molar-refractivity contribution in [3.63, 3.8) is 0 Å². The lowest BCUT2D eigenvalue weighted by Gasteiger charge is -2.11. The fourth-order valence-electron chi connectivity index (χ4n) is 2.15. The van der Waals surface area contributed by atoms with Gasteiger partial charge < -0.3 is 11.1 Å². The molecule has 0 saturated carbocycles. The summed E-state index contributed by atoms with van der Waals surface area (Å²) in [6.45, 7) is 0. The summed E-state index contributed by atoms with van der Waals surface area (Å²) in [5.74, 6) is -0.483. The Morgan fingerprint density at radius 1 is 1.10 bits per heavy atom. The first kappa shape index (κ1) is 12.9. The Labute approximate surface area is 120 Å². The van der Waals surface area contributed by atoms with Gasteiger partial charge in [-0.1, -0.05) is 0 Å². The molecular weight excluding hydrogens is 267 g/mol. The van der Waals surface area contributed by atoms with Crippen LogP contribution in [-0.2, 0) is 0 Å².